The Morgan fingerprint density at radius 1 is 1.15 bits per heavy atom. The van der Waals surface area contributed by atoms with Crippen LogP contribution >= 0.6 is 0 Å². The molecule has 2 aromatic carbocycles. The molecule has 5 rings (SSSR count). The Balaban J connectivity index is 1.45. The number of amides is 1. The molecule has 0 bridgehead atoms. The lowest BCUT2D eigenvalue weighted by Gasteiger charge is -2.08. The highest BCUT2D eigenvalue weighted by atomic mass is 32.2. The zero-order valence-corrected chi connectivity index (χ0v) is 19.0. The van der Waals surface area contributed by atoms with Gasteiger partial charge in [0.05, 0.1) is 27.0 Å². The van der Waals surface area contributed by atoms with E-state index in [0.29, 0.717) is 11.1 Å². The van der Waals surface area contributed by atoms with Crippen LogP contribution in [0.4, 0.5) is 0 Å². The number of hydrogen-bond donors (Lipinski definition) is 2. The lowest BCUT2D eigenvalue weighted by atomic mass is 10.2. The molecule has 0 spiro atoms. The third-order valence-electron chi connectivity index (χ3n) is 5.88. The van der Waals surface area contributed by atoms with Crippen molar-refractivity contribution in [1.29, 1.82) is 0 Å². The molecule has 1 amide bonds. The Morgan fingerprint density at radius 2 is 1.97 bits per heavy atom. The largest absolute Gasteiger partial charge is 0.347 e. The van der Waals surface area contributed by atoms with E-state index in [0.717, 1.165) is 22.1 Å². The fraction of sp³-hybridized carbons (Fsp3) is 0.182. The molecule has 0 radical (unpaired) electrons. The van der Waals surface area contributed by atoms with E-state index >= 15 is 0 Å². The number of sulfone groups is 1. The lowest BCUT2D eigenvalue weighted by Crippen LogP contribution is -2.25. The van der Waals surface area contributed by atoms with Crippen LogP contribution in [0.25, 0.3) is 21.9 Å². The van der Waals surface area contributed by atoms with Gasteiger partial charge >= 0.3 is 0 Å². The molecular formula is C22H21N7O3S. The first-order chi connectivity index (χ1) is 15.8. The van der Waals surface area contributed by atoms with E-state index in [4.69, 9.17) is 0 Å². The molecule has 10 nitrogen and oxygen atoms in total. The van der Waals surface area contributed by atoms with Crippen molar-refractivity contribution in [3.05, 3.63) is 65.6 Å². The number of nitrogens with zero attached hydrogens (tertiary/aromatic N) is 5. The molecule has 33 heavy (non-hydrogen) atoms. The molecule has 3 aromatic heterocycles. The zero-order chi connectivity index (χ0) is 23.3. The van der Waals surface area contributed by atoms with Crippen molar-refractivity contribution >= 4 is 37.7 Å². The average molecular weight is 464 g/mol. The number of H-pyrrole nitrogens is 1. The number of hydrogen-bond acceptors (Lipinski definition) is 6. The first-order valence-electron chi connectivity index (χ1n) is 10.2. The van der Waals surface area contributed by atoms with E-state index in [-0.39, 0.29) is 27.9 Å². The van der Waals surface area contributed by atoms with Gasteiger partial charge in [-0.2, -0.15) is 5.10 Å². The van der Waals surface area contributed by atoms with Crippen LogP contribution in [0.1, 0.15) is 21.7 Å². The summed E-state index contributed by atoms with van der Waals surface area (Å²) in [5.74, 6) is -0.375. The standard InChI is InChI=1S/C22H21N7O3S/c1-13-20(33(31,32)16-7-8-17-15(9-16)12-24-25-17)10-19(28(13)2)22(30)23-11-14-5-4-6-18-21(14)29(3)27-26-18/h4-10,12H,11H2,1-3H3,(H,23,30)(H,24,25). The topological polar surface area (TPSA) is 128 Å². The number of nitrogens with one attached hydrogen (secondary N) is 2. The molecular weight excluding hydrogens is 442 g/mol. The smallest absolute Gasteiger partial charge is 0.268 e. The number of rotatable bonds is 5. The Kier molecular flexibility index (Phi) is 4.78. The van der Waals surface area contributed by atoms with Gasteiger partial charge in [0, 0.05) is 31.7 Å². The summed E-state index contributed by atoms with van der Waals surface area (Å²) >= 11 is 0. The summed E-state index contributed by atoms with van der Waals surface area (Å²) < 4.78 is 29.9. The molecule has 0 atom stereocenters. The molecule has 0 aliphatic heterocycles. The van der Waals surface area contributed by atoms with Gasteiger partial charge in [0.2, 0.25) is 9.84 Å². The number of carbonyl (C=O) groups is 1. The molecule has 2 N–H and O–H groups in total. The first-order valence-corrected chi connectivity index (χ1v) is 11.7. The van der Waals surface area contributed by atoms with Crippen LogP contribution < -0.4 is 5.32 Å². The molecule has 0 unspecified atom stereocenters. The maximum Gasteiger partial charge on any atom is 0.268 e. The third-order valence-corrected chi connectivity index (χ3v) is 7.75. The number of para-hydroxylation sites is 1. The molecule has 0 aliphatic rings. The molecule has 0 fully saturated rings. The van der Waals surface area contributed by atoms with Crippen LogP contribution in [0, 0.1) is 6.92 Å². The van der Waals surface area contributed by atoms with Crippen LogP contribution in [0.2, 0.25) is 0 Å². The van der Waals surface area contributed by atoms with Crippen molar-refractivity contribution in [3.8, 4) is 0 Å². The second kappa shape index (κ2) is 7.55. The number of aromatic nitrogens is 6. The number of fused-ring (bicyclic) bond motifs is 2. The fourth-order valence-corrected chi connectivity index (χ4v) is 5.55. The SMILES string of the molecule is Cc1c(S(=O)(=O)c2ccc3[nH]ncc3c2)cc(C(=O)NCc2cccc3nnn(C)c23)n1C. The van der Waals surface area contributed by atoms with Crippen molar-refractivity contribution in [3.63, 3.8) is 0 Å². The van der Waals surface area contributed by atoms with Gasteiger partial charge in [-0.05, 0) is 42.8 Å². The number of carbonyl (C=O) groups excluding carboxylic acids is 1. The molecule has 3 heterocycles. The van der Waals surface area contributed by atoms with Gasteiger partial charge in [-0.15, -0.1) is 5.10 Å². The maximum atomic E-state index is 13.3. The minimum atomic E-state index is -3.83. The Bertz CT molecular complexity index is 1640. The van der Waals surface area contributed by atoms with Gasteiger partial charge in [-0.25, -0.2) is 13.1 Å². The van der Waals surface area contributed by atoms with Crippen molar-refractivity contribution in [2.45, 2.75) is 23.3 Å². The van der Waals surface area contributed by atoms with Gasteiger partial charge in [-0.1, -0.05) is 17.3 Å². The minimum Gasteiger partial charge on any atom is -0.347 e. The van der Waals surface area contributed by atoms with E-state index in [1.807, 2.05) is 18.2 Å². The van der Waals surface area contributed by atoms with Gasteiger partial charge < -0.3 is 9.88 Å². The molecule has 0 aliphatic carbocycles. The van der Waals surface area contributed by atoms with Crippen LogP contribution in [-0.2, 0) is 30.5 Å². The van der Waals surface area contributed by atoms with E-state index in [2.05, 4.69) is 25.8 Å². The normalized spacial score (nSPS) is 12.0. The van der Waals surface area contributed by atoms with Crippen molar-refractivity contribution in [1.82, 2.24) is 35.1 Å². The molecule has 0 saturated heterocycles. The van der Waals surface area contributed by atoms with Gasteiger partial charge in [0.15, 0.2) is 0 Å². The summed E-state index contributed by atoms with van der Waals surface area (Å²) in [7, 11) is -0.365. The number of aryl methyl sites for hydroxylation is 1. The van der Waals surface area contributed by atoms with Gasteiger partial charge in [0.25, 0.3) is 5.91 Å². The van der Waals surface area contributed by atoms with E-state index in [1.54, 1.807) is 48.6 Å². The Morgan fingerprint density at radius 3 is 2.79 bits per heavy atom. The molecule has 168 valence electrons. The predicted octanol–water partition coefficient (Wildman–Crippen LogP) is 2.25. The summed E-state index contributed by atoms with van der Waals surface area (Å²) in [6.07, 6.45) is 1.57. The number of aromatic amines is 1. The quantitative estimate of drug-likeness (QED) is 0.412. The van der Waals surface area contributed by atoms with Crippen molar-refractivity contribution < 1.29 is 13.2 Å². The first kappa shape index (κ1) is 20.9. The van der Waals surface area contributed by atoms with Crippen LogP contribution in [0.3, 0.4) is 0 Å². The van der Waals surface area contributed by atoms with Crippen LogP contribution in [-0.4, -0.2) is 44.1 Å². The summed E-state index contributed by atoms with van der Waals surface area (Å²) in [6, 6.07) is 11.8. The minimum absolute atomic E-state index is 0.0935. The number of benzene rings is 2. The third kappa shape index (κ3) is 3.37. The summed E-state index contributed by atoms with van der Waals surface area (Å²) in [5, 5.41) is 18.4. The Hall–Kier alpha value is -3.99. The fourth-order valence-electron chi connectivity index (χ4n) is 3.98. The molecule has 0 saturated carbocycles. The van der Waals surface area contributed by atoms with Crippen LogP contribution in [0.15, 0.2) is 58.5 Å². The lowest BCUT2D eigenvalue weighted by molar-refractivity contribution is 0.0942. The second-order valence-electron chi connectivity index (χ2n) is 7.84. The molecule has 5 aromatic rings. The highest BCUT2D eigenvalue weighted by Gasteiger charge is 2.26. The van der Waals surface area contributed by atoms with Crippen molar-refractivity contribution in [2.24, 2.45) is 14.1 Å². The van der Waals surface area contributed by atoms with Gasteiger partial charge in [-0.3, -0.25) is 9.89 Å². The molecule has 11 heteroatoms. The maximum absolute atomic E-state index is 13.3. The summed E-state index contributed by atoms with van der Waals surface area (Å²) in [5.41, 5.74) is 3.91. The highest BCUT2D eigenvalue weighted by Crippen LogP contribution is 2.28. The van der Waals surface area contributed by atoms with E-state index in [9.17, 15) is 13.2 Å². The van der Waals surface area contributed by atoms with Crippen molar-refractivity contribution in [2.75, 3.05) is 0 Å². The average Bonchev–Trinajstić information content (AvgIpc) is 3.50. The van der Waals surface area contributed by atoms with E-state index in [1.165, 1.54) is 12.1 Å². The zero-order valence-electron chi connectivity index (χ0n) is 18.2. The second-order valence-corrected chi connectivity index (χ2v) is 9.76. The Labute approximate surface area is 189 Å². The monoisotopic (exact) mass is 463 g/mol. The summed E-state index contributed by atoms with van der Waals surface area (Å²) in [4.78, 5) is 13.2. The highest BCUT2D eigenvalue weighted by molar-refractivity contribution is 7.91. The van der Waals surface area contributed by atoms with E-state index < -0.39 is 9.84 Å². The van der Waals surface area contributed by atoms with Crippen LogP contribution in [0.5, 0.6) is 0 Å². The predicted molar refractivity (Wildman–Crippen MR) is 121 cm³/mol. The van der Waals surface area contributed by atoms with Gasteiger partial charge in [0.1, 0.15) is 11.2 Å². The summed E-state index contributed by atoms with van der Waals surface area (Å²) in [6.45, 7) is 1.93.